The Kier molecular flexibility index (Phi) is 4.50. The molecule has 21 heavy (non-hydrogen) atoms. The minimum absolute atomic E-state index is 0.149. The van der Waals surface area contributed by atoms with Gasteiger partial charge in [0.25, 0.3) is 0 Å². The number of nitrogens with zero attached hydrogens (tertiary/aromatic N) is 2. The van der Waals surface area contributed by atoms with Crippen molar-refractivity contribution in [3.63, 3.8) is 0 Å². The average Bonchev–Trinajstić information content (AvgIpc) is 2.72. The summed E-state index contributed by atoms with van der Waals surface area (Å²) in [6.45, 7) is 1.89. The second kappa shape index (κ2) is 5.86. The van der Waals surface area contributed by atoms with Crippen molar-refractivity contribution >= 4 is 15.7 Å². The number of hydrogen-bond acceptors (Lipinski definition) is 4. The van der Waals surface area contributed by atoms with Crippen molar-refractivity contribution in [1.29, 1.82) is 0 Å². The fourth-order valence-electron chi connectivity index (χ4n) is 2.62. The highest BCUT2D eigenvalue weighted by Gasteiger charge is 2.31. The SMILES string of the molecule is CN1CCC(CN(C)S(=O)(=O)c2c(F)cc(N)cc2F)C1. The lowest BCUT2D eigenvalue weighted by Crippen LogP contribution is -2.34. The van der Waals surface area contributed by atoms with Crippen LogP contribution in [0, 0.1) is 17.6 Å². The van der Waals surface area contributed by atoms with E-state index >= 15 is 0 Å². The fourth-order valence-corrected chi connectivity index (χ4v) is 3.95. The van der Waals surface area contributed by atoms with E-state index in [1.54, 1.807) is 0 Å². The first-order valence-corrected chi connectivity index (χ1v) is 8.05. The molecule has 1 aromatic rings. The van der Waals surface area contributed by atoms with Crippen LogP contribution in [0.25, 0.3) is 0 Å². The van der Waals surface area contributed by atoms with Crippen molar-refractivity contribution in [1.82, 2.24) is 9.21 Å². The topological polar surface area (TPSA) is 66.6 Å². The minimum atomic E-state index is -4.21. The summed E-state index contributed by atoms with van der Waals surface area (Å²) >= 11 is 0. The van der Waals surface area contributed by atoms with Crippen LogP contribution in [0.15, 0.2) is 17.0 Å². The molecule has 0 aromatic heterocycles. The summed E-state index contributed by atoms with van der Waals surface area (Å²) in [4.78, 5) is 1.15. The van der Waals surface area contributed by atoms with E-state index in [1.165, 1.54) is 7.05 Å². The Hall–Kier alpha value is -1.25. The molecule has 118 valence electrons. The van der Waals surface area contributed by atoms with Crippen molar-refractivity contribution < 1.29 is 17.2 Å². The van der Waals surface area contributed by atoms with Crippen molar-refractivity contribution in [2.75, 3.05) is 39.5 Å². The molecule has 8 heteroatoms. The predicted octanol–water partition coefficient (Wildman–Crippen LogP) is 1.12. The van der Waals surface area contributed by atoms with E-state index in [2.05, 4.69) is 4.90 Å². The summed E-state index contributed by atoms with van der Waals surface area (Å²) < 4.78 is 53.3. The molecule has 0 radical (unpaired) electrons. The van der Waals surface area contributed by atoms with Gasteiger partial charge in [-0.25, -0.2) is 21.5 Å². The molecule has 1 atom stereocenters. The third-order valence-electron chi connectivity index (χ3n) is 3.69. The van der Waals surface area contributed by atoms with Gasteiger partial charge in [-0.2, -0.15) is 0 Å². The van der Waals surface area contributed by atoms with Crippen LogP contribution in [-0.2, 0) is 10.0 Å². The van der Waals surface area contributed by atoms with Crippen LogP contribution < -0.4 is 5.73 Å². The molecule has 0 aliphatic carbocycles. The minimum Gasteiger partial charge on any atom is -0.399 e. The van der Waals surface area contributed by atoms with Gasteiger partial charge in [0.2, 0.25) is 10.0 Å². The maximum Gasteiger partial charge on any atom is 0.248 e. The third-order valence-corrected chi connectivity index (χ3v) is 5.57. The van der Waals surface area contributed by atoms with Gasteiger partial charge in [0.05, 0.1) is 0 Å². The van der Waals surface area contributed by atoms with Gasteiger partial charge in [0, 0.05) is 25.8 Å². The maximum absolute atomic E-state index is 13.8. The zero-order valence-electron chi connectivity index (χ0n) is 12.0. The zero-order valence-corrected chi connectivity index (χ0v) is 12.8. The molecule has 0 spiro atoms. The van der Waals surface area contributed by atoms with Gasteiger partial charge in [0.1, 0.15) is 11.6 Å². The summed E-state index contributed by atoms with van der Waals surface area (Å²) in [6.07, 6.45) is 0.864. The summed E-state index contributed by atoms with van der Waals surface area (Å²) in [7, 11) is -0.924. The van der Waals surface area contributed by atoms with E-state index in [1.807, 2.05) is 7.05 Å². The van der Waals surface area contributed by atoms with E-state index < -0.39 is 26.6 Å². The Bertz CT molecular complexity index is 613. The predicted molar refractivity (Wildman–Crippen MR) is 76.2 cm³/mol. The van der Waals surface area contributed by atoms with Crippen molar-refractivity contribution in [2.45, 2.75) is 11.3 Å². The summed E-state index contributed by atoms with van der Waals surface area (Å²) in [6, 6.07) is 1.63. The standard InChI is InChI=1S/C13H19F2N3O2S/c1-17-4-3-9(7-17)8-18(2)21(19,20)13-11(14)5-10(16)6-12(13)15/h5-6,9H,3-4,7-8,16H2,1-2H3. The first-order chi connectivity index (χ1) is 9.71. The van der Waals surface area contributed by atoms with Crippen LogP contribution >= 0.6 is 0 Å². The van der Waals surface area contributed by atoms with Crippen molar-refractivity contribution in [2.24, 2.45) is 5.92 Å². The van der Waals surface area contributed by atoms with Gasteiger partial charge < -0.3 is 10.6 Å². The Balaban J connectivity index is 2.25. The van der Waals surface area contributed by atoms with Crippen molar-refractivity contribution in [3.05, 3.63) is 23.8 Å². The van der Waals surface area contributed by atoms with E-state index in [0.717, 1.165) is 35.9 Å². The van der Waals surface area contributed by atoms with E-state index in [-0.39, 0.29) is 18.2 Å². The van der Waals surface area contributed by atoms with E-state index in [0.29, 0.717) is 0 Å². The number of sulfonamides is 1. The second-order valence-electron chi connectivity index (χ2n) is 5.52. The first kappa shape index (κ1) is 16.1. The van der Waals surface area contributed by atoms with Gasteiger partial charge in [-0.3, -0.25) is 0 Å². The number of hydrogen-bond donors (Lipinski definition) is 1. The smallest absolute Gasteiger partial charge is 0.248 e. The highest BCUT2D eigenvalue weighted by molar-refractivity contribution is 7.89. The number of likely N-dealkylation sites (tertiary alicyclic amines) is 1. The molecule has 1 fully saturated rings. The van der Waals surface area contributed by atoms with E-state index in [4.69, 9.17) is 5.73 Å². The van der Waals surface area contributed by atoms with Gasteiger partial charge in [-0.05, 0) is 38.1 Å². The largest absolute Gasteiger partial charge is 0.399 e. The highest BCUT2D eigenvalue weighted by Crippen LogP contribution is 2.26. The molecular formula is C13H19F2N3O2S. The molecular weight excluding hydrogens is 300 g/mol. The lowest BCUT2D eigenvalue weighted by atomic mass is 10.1. The highest BCUT2D eigenvalue weighted by atomic mass is 32.2. The van der Waals surface area contributed by atoms with Crippen molar-refractivity contribution in [3.8, 4) is 0 Å². The number of halogens is 2. The molecule has 1 aliphatic rings. The third kappa shape index (κ3) is 3.33. The Morgan fingerprint density at radius 3 is 2.43 bits per heavy atom. The summed E-state index contributed by atoms with van der Waals surface area (Å²) in [5.74, 6) is -2.17. The van der Waals surface area contributed by atoms with Gasteiger partial charge >= 0.3 is 0 Å². The molecule has 1 aliphatic heterocycles. The maximum atomic E-state index is 13.8. The van der Waals surface area contributed by atoms with Crippen LogP contribution in [0.2, 0.25) is 0 Å². The molecule has 2 rings (SSSR count). The van der Waals surface area contributed by atoms with Gasteiger partial charge in [0.15, 0.2) is 4.90 Å². The average molecular weight is 319 g/mol. The molecule has 0 saturated carbocycles. The molecule has 0 bridgehead atoms. The fraction of sp³-hybridized carbons (Fsp3) is 0.538. The molecule has 1 heterocycles. The Morgan fingerprint density at radius 1 is 1.38 bits per heavy atom. The summed E-state index contributed by atoms with van der Waals surface area (Å²) in [5, 5.41) is 0. The quantitative estimate of drug-likeness (QED) is 0.845. The van der Waals surface area contributed by atoms with Crippen LogP contribution in [0.3, 0.4) is 0 Å². The van der Waals surface area contributed by atoms with Crippen LogP contribution in [0.4, 0.5) is 14.5 Å². The normalized spacial score (nSPS) is 20.3. The number of rotatable bonds is 4. The number of anilines is 1. The Morgan fingerprint density at radius 2 is 1.95 bits per heavy atom. The Labute approximate surface area is 123 Å². The zero-order chi connectivity index (χ0) is 15.8. The molecule has 5 nitrogen and oxygen atoms in total. The van der Waals surface area contributed by atoms with Crippen LogP contribution in [0.1, 0.15) is 6.42 Å². The van der Waals surface area contributed by atoms with E-state index in [9.17, 15) is 17.2 Å². The van der Waals surface area contributed by atoms with Crippen LogP contribution in [-0.4, -0.2) is 51.4 Å². The molecule has 0 amide bonds. The molecule has 1 unspecified atom stereocenters. The first-order valence-electron chi connectivity index (χ1n) is 6.61. The molecule has 1 aromatic carbocycles. The number of benzene rings is 1. The monoisotopic (exact) mass is 319 g/mol. The lowest BCUT2D eigenvalue weighted by Gasteiger charge is -2.21. The number of nitrogens with two attached hydrogens (primary N) is 1. The molecule has 1 saturated heterocycles. The molecule has 2 N–H and O–H groups in total. The van der Waals surface area contributed by atoms with Gasteiger partial charge in [-0.1, -0.05) is 0 Å². The number of nitrogen functional groups attached to an aromatic ring is 1. The van der Waals surface area contributed by atoms with Gasteiger partial charge in [-0.15, -0.1) is 0 Å². The van der Waals surface area contributed by atoms with Crippen LogP contribution in [0.5, 0.6) is 0 Å². The lowest BCUT2D eigenvalue weighted by molar-refractivity contribution is 0.354. The summed E-state index contributed by atoms with van der Waals surface area (Å²) in [5.41, 5.74) is 5.15. The second-order valence-corrected chi connectivity index (χ2v) is 7.50.